The van der Waals surface area contributed by atoms with Crippen LogP contribution in [0.3, 0.4) is 0 Å². The lowest BCUT2D eigenvalue weighted by atomic mass is 9.70. The first-order valence-corrected chi connectivity index (χ1v) is 14.3. The topological polar surface area (TPSA) is 44.8 Å². The number of hydrogen-bond donors (Lipinski definition) is 1. The average molecular weight is 510 g/mol. The van der Waals surface area contributed by atoms with Crippen molar-refractivity contribution in [1.29, 1.82) is 0 Å². The first-order valence-electron chi connectivity index (χ1n) is 14.3. The van der Waals surface area contributed by atoms with Crippen molar-refractivity contribution in [2.75, 3.05) is 57.8 Å². The van der Waals surface area contributed by atoms with Crippen molar-refractivity contribution < 1.29 is 9.53 Å². The zero-order valence-corrected chi connectivity index (χ0v) is 22.3. The second-order valence-corrected chi connectivity index (χ2v) is 11.0. The maximum Gasteiger partial charge on any atom is 0.239 e. The third kappa shape index (κ3) is 5.03. The number of morpholine rings is 1. The van der Waals surface area contributed by atoms with Crippen molar-refractivity contribution in [2.45, 2.75) is 37.0 Å². The molecule has 1 amide bonds. The lowest BCUT2D eigenvalue weighted by Crippen LogP contribution is -2.42. The van der Waals surface area contributed by atoms with E-state index in [2.05, 4.69) is 87.9 Å². The quantitative estimate of drug-likeness (QED) is 0.461. The molecule has 0 saturated carbocycles. The largest absolute Gasteiger partial charge is 0.379 e. The standard InChI is InChI=1S/C33H39N3O2/c37-32-33(29-11-5-2-6-12-29,17-21-35-18-14-27(15-19-35)26-8-3-1-4-9-26)31-28(10-7-13-30(31)34-32)16-20-36-22-24-38-25-23-36/h1-13,27H,14-25H2,(H,34,37). The fourth-order valence-corrected chi connectivity index (χ4v) is 6.78. The molecule has 5 nitrogen and oxygen atoms in total. The molecule has 2 saturated heterocycles. The van der Waals surface area contributed by atoms with Crippen molar-refractivity contribution in [2.24, 2.45) is 0 Å². The molecule has 2 fully saturated rings. The van der Waals surface area contributed by atoms with E-state index in [1.165, 1.54) is 29.5 Å². The number of amides is 1. The van der Waals surface area contributed by atoms with Crippen molar-refractivity contribution in [3.05, 3.63) is 101 Å². The molecular formula is C33H39N3O2. The summed E-state index contributed by atoms with van der Waals surface area (Å²) in [5.74, 6) is 0.759. The Bertz CT molecular complexity index is 1220. The Kier molecular flexibility index (Phi) is 7.59. The third-order valence-corrected chi connectivity index (χ3v) is 8.94. The van der Waals surface area contributed by atoms with Crippen LogP contribution >= 0.6 is 0 Å². The number of likely N-dealkylation sites (tertiary alicyclic amines) is 1. The minimum atomic E-state index is -0.658. The summed E-state index contributed by atoms with van der Waals surface area (Å²) < 4.78 is 5.55. The molecule has 3 aliphatic heterocycles. The van der Waals surface area contributed by atoms with E-state index in [1.807, 2.05) is 6.07 Å². The predicted octanol–water partition coefficient (Wildman–Crippen LogP) is 5.07. The molecule has 3 aliphatic rings. The van der Waals surface area contributed by atoms with Gasteiger partial charge in [0.25, 0.3) is 0 Å². The molecule has 1 N–H and O–H groups in total. The van der Waals surface area contributed by atoms with Crippen LogP contribution in [-0.2, 0) is 21.4 Å². The molecule has 3 aromatic carbocycles. The Hall–Kier alpha value is -2.99. The number of fused-ring (bicyclic) bond motifs is 1. The van der Waals surface area contributed by atoms with E-state index in [-0.39, 0.29) is 5.91 Å². The summed E-state index contributed by atoms with van der Waals surface area (Å²) >= 11 is 0. The molecule has 0 radical (unpaired) electrons. The summed E-state index contributed by atoms with van der Waals surface area (Å²) in [5.41, 5.74) is 5.38. The number of piperidine rings is 1. The molecule has 3 heterocycles. The van der Waals surface area contributed by atoms with E-state index in [1.54, 1.807) is 0 Å². The van der Waals surface area contributed by atoms with Crippen LogP contribution in [0.1, 0.15) is 47.4 Å². The van der Waals surface area contributed by atoms with Crippen LogP contribution in [0.4, 0.5) is 5.69 Å². The molecule has 198 valence electrons. The number of hydrogen-bond acceptors (Lipinski definition) is 4. The number of anilines is 1. The summed E-state index contributed by atoms with van der Waals surface area (Å²) in [4.78, 5) is 19.0. The highest BCUT2D eigenvalue weighted by molar-refractivity contribution is 6.09. The first-order chi connectivity index (χ1) is 18.7. The van der Waals surface area contributed by atoms with Gasteiger partial charge in [-0.2, -0.15) is 0 Å². The Morgan fingerprint density at radius 2 is 1.47 bits per heavy atom. The number of benzene rings is 3. The van der Waals surface area contributed by atoms with Gasteiger partial charge in [-0.3, -0.25) is 9.69 Å². The van der Waals surface area contributed by atoms with Gasteiger partial charge in [-0.1, -0.05) is 72.8 Å². The average Bonchev–Trinajstić information content (AvgIpc) is 3.29. The molecular weight excluding hydrogens is 470 g/mol. The van der Waals surface area contributed by atoms with E-state index < -0.39 is 5.41 Å². The van der Waals surface area contributed by atoms with Gasteiger partial charge < -0.3 is 15.0 Å². The van der Waals surface area contributed by atoms with Gasteiger partial charge in [0, 0.05) is 25.3 Å². The summed E-state index contributed by atoms with van der Waals surface area (Å²) in [7, 11) is 0. The molecule has 0 bridgehead atoms. The minimum absolute atomic E-state index is 0.122. The van der Waals surface area contributed by atoms with Crippen LogP contribution in [0.25, 0.3) is 0 Å². The monoisotopic (exact) mass is 509 g/mol. The van der Waals surface area contributed by atoms with E-state index in [4.69, 9.17) is 4.74 Å². The van der Waals surface area contributed by atoms with Gasteiger partial charge in [0.2, 0.25) is 5.91 Å². The van der Waals surface area contributed by atoms with Crippen LogP contribution in [0, 0.1) is 0 Å². The Balaban J connectivity index is 1.24. The minimum Gasteiger partial charge on any atom is -0.379 e. The summed E-state index contributed by atoms with van der Waals surface area (Å²) in [6.07, 6.45) is 4.08. The first kappa shape index (κ1) is 25.3. The number of carbonyl (C=O) groups excluding carboxylic acids is 1. The number of ether oxygens (including phenoxy) is 1. The van der Waals surface area contributed by atoms with E-state index in [0.717, 1.165) is 76.6 Å². The molecule has 6 rings (SSSR count). The molecule has 1 unspecified atom stereocenters. The van der Waals surface area contributed by atoms with Crippen molar-refractivity contribution >= 4 is 11.6 Å². The lowest BCUT2D eigenvalue weighted by Gasteiger charge is -2.36. The highest BCUT2D eigenvalue weighted by Crippen LogP contribution is 2.47. The van der Waals surface area contributed by atoms with Crippen molar-refractivity contribution in [3.8, 4) is 0 Å². The summed E-state index contributed by atoms with van der Waals surface area (Å²) in [6.45, 7) is 7.65. The summed E-state index contributed by atoms with van der Waals surface area (Å²) in [5, 5.41) is 3.29. The maximum absolute atomic E-state index is 14.0. The number of rotatable bonds is 8. The van der Waals surface area contributed by atoms with Crippen molar-refractivity contribution in [3.63, 3.8) is 0 Å². The fraction of sp³-hybridized carbons (Fsp3) is 0.424. The van der Waals surface area contributed by atoms with Gasteiger partial charge in [-0.15, -0.1) is 0 Å². The zero-order chi connectivity index (χ0) is 25.8. The van der Waals surface area contributed by atoms with Gasteiger partial charge in [0.05, 0.1) is 13.2 Å². The highest BCUT2D eigenvalue weighted by Gasteiger charge is 2.49. The number of nitrogens with one attached hydrogen (secondary N) is 1. The normalized spacial score (nSPS) is 22.8. The highest BCUT2D eigenvalue weighted by atomic mass is 16.5. The Morgan fingerprint density at radius 3 is 2.21 bits per heavy atom. The molecule has 0 spiro atoms. The van der Waals surface area contributed by atoms with Gasteiger partial charge in [0.15, 0.2) is 0 Å². The maximum atomic E-state index is 14.0. The van der Waals surface area contributed by atoms with Gasteiger partial charge in [0.1, 0.15) is 5.41 Å². The van der Waals surface area contributed by atoms with Gasteiger partial charge in [-0.05, 0) is 79.6 Å². The molecule has 5 heteroatoms. The third-order valence-electron chi connectivity index (χ3n) is 8.94. The smallest absolute Gasteiger partial charge is 0.239 e. The van der Waals surface area contributed by atoms with E-state index in [9.17, 15) is 4.79 Å². The molecule has 0 aromatic heterocycles. The zero-order valence-electron chi connectivity index (χ0n) is 22.3. The molecule has 38 heavy (non-hydrogen) atoms. The second-order valence-electron chi connectivity index (χ2n) is 11.0. The Labute approximate surface area is 226 Å². The van der Waals surface area contributed by atoms with Crippen LogP contribution in [0.5, 0.6) is 0 Å². The molecule has 0 aliphatic carbocycles. The van der Waals surface area contributed by atoms with E-state index >= 15 is 0 Å². The van der Waals surface area contributed by atoms with Crippen LogP contribution < -0.4 is 5.32 Å². The summed E-state index contributed by atoms with van der Waals surface area (Å²) in [6, 6.07) is 27.8. The van der Waals surface area contributed by atoms with Crippen molar-refractivity contribution in [1.82, 2.24) is 9.80 Å². The van der Waals surface area contributed by atoms with Gasteiger partial charge in [-0.25, -0.2) is 0 Å². The van der Waals surface area contributed by atoms with E-state index in [0.29, 0.717) is 5.92 Å². The number of carbonyl (C=O) groups is 1. The predicted molar refractivity (Wildman–Crippen MR) is 153 cm³/mol. The van der Waals surface area contributed by atoms with Gasteiger partial charge >= 0.3 is 0 Å². The van der Waals surface area contributed by atoms with Crippen LogP contribution in [0.15, 0.2) is 78.9 Å². The molecule has 1 atom stereocenters. The Morgan fingerprint density at radius 1 is 0.789 bits per heavy atom. The molecule has 3 aromatic rings. The lowest BCUT2D eigenvalue weighted by molar-refractivity contribution is -0.119. The second kappa shape index (κ2) is 11.4. The van der Waals surface area contributed by atoms with Crippen LogP contribution in [-0.4, -0.2) is 68.2 Å². The SMILES string of the molecule is O=C1Nc2cccc(CCN3CCOCC3)c2C1(CCN1CCC(c2ccccc2)CC1)c1ccccc1. The number of nitrogens with zero attached hydrogens (tertiary/aromatic N) is 2. The fourth-order valence-electron chi connectivity index (χ4n) is 6.78. The van der Waals surface area contributed by atoms with Crippen LogP contribution in [0.2, 0.25) is 0 Å².